The van der Waals surface area contributed by atoms with E-state index in [4.69, 9.17) is 5.73 Å². The highest BCUT2D eigenvalue weighted by Crippen LogP contribution is 2.33. The third-order valence-electron chi connectivity index (χ3n) is 2.75. The van der Waals surface area contributed by atoms with Crippen LogP contribution in [0.15, 0.2) is 47.1 Å². The fourth-order valence-corrected chi connectivity index (χ4v) is 2.62. The Bertz CT molecular complexity index is 692. The molecule has 3 aromatic rings. The lowest BCUT2D eigenvalue weighted by Gasteiger charge is -2.07. The number of fused-ring (bicyclic) bond motifs is 3. The van der Waals surface area contributed by atoms with Gasteiger partial charge in [0.05, 0.1) is 0 Å². The van der Waals surface area contributed by atoms with Crippen LogP contribution in [0.3, 0.4) is 0 Å². The summed E-state index contributed by atoms with van der Waals surface area (Å²) in [6, 6.07) is 12.2. The molecule has 0 saturated heterocycles. The predicted octanol–water partition coefficient (Wildman–Crippen LogP) is 3.73. The molecule has 3 heteroatoms. The molecule has 0 spiro atoms. The Morgan fingerprint density at radius 3 is 2.62 bits per heavy atom. The van der Waals surface area contributed by atoms with Gasteiger partial charge in [-0.3, -0.25) is 0 Å². The van der Waals surface area contributed by atoms with Crippen LogP contribution in [0.25, 0.3) is 21.5 Å². The number of nitrogens with two attached hydrogens (primary N) is 1. The summed E-state index contributed by atoms with van der Waals surface area (Å²) < 4.78 is 1.08. The SMILES string of the molecule is Nc1nccc2cc(Br)c3ccccc3c12. The Balaban J connectivity index is 2.67. The number of nitrogens with zero attached hydrogens (tertiary/aromatic N) is 1. The first kappa shape index (κ1) is 9.60. The number of hydrogen-bond acceptors (Lipinski definition) is 2. The molecule has 2 N–H and O–H groups in total. The van der Waals surface area contributed by atoms with Gasteiger partial charge in [0.15, 0.2) is 0 Å². The molecule has 2 nitrogen and oxygen atoms in total. The van der Waals surface area contributed by atoms with E-state index in [0.29, 0.717) is 5.82 Å². The van der Waals surface area contributed by atoms with E-state index in [1.165, 1.54) is 0 Å². The van der Waals surface area contributed by atoms with Crippen molar-refractivity contribution in [2.75, 3.05) is 5.73 Å². The lowest BCUT2D eigenvalue weighted by atomic mass is 10.0. The van der Waals surface area contributed by atoms with Gasteiger partial charge >= 0.3 is 0 Å². The van der Waals surface area contributed by atoms with Crippen LogP contribution < -0.4 is 5.73 Å². The van der Waals surface area contributed by atoms with Crippen LogP contribution in [0.1, 0.15) is 0 Å². The molecule has 0 unspecified atom stereocenters. The van der Waals surface area contributed by atoms with E-state index < -0.39 is 0 Å². The zero-order valence-electron chi connectivity index (χ0n) is 8.44. The number of halogens is 1. The Morgan fingerprint density at radius 2 is 1.81 bits per heavy atom. The van der Waals surface area contributed by atoms with Crippen molar-refractivity contribution in [3.05, 3.63) is 47.1 Å². The highest BCUT2D eigenvalue weighted by Gasteiger charge is 2.06. The van der Waals surface area contributed by atoms with Gasteiger partial charge in [0.2, 0.25) is 0 Å². The summed E-state index contributed by atoms with van der Waals surface area (Å²) in [6.07, 6.45) is 1.74. The number of benzene rings is 2. The molecule has 2 aromatic carbocycles. The molecule has 78 valence electrons. The summed E-state index contributed by atoms with van der Waals surface area (Å²) in [5, 5.41) is 4.44. The Hall–Kier alpha value is -1.61. The molecule has 0 fully saturated rings. The predicted molar refractivity (Wildman–Crippen MR) is 71.4 cm³/mol. The van der Waals surface area contributed by atoms with E-state index in [1.807, 2.05) is 18.2 Å². The highest BCUT2D eigenvalue weighted by atomic mass is 79.9. The zero-order valence-corrected chi connectivity index (χ0v) is 10.0. The van der Waals surface area contributed by atoms with E-state index in [0.717, 1.165) is 26.0 Å². The normalized spacial score (nSPS) is 11.1. The largest absolute Gasteiger partial charge is 0.383 e. The third-order valence-corrected chi connectivity index (χ3v) is 3.40. The van der Waals surface area contributed by atoms with Gasteiger partial charge in [-0.1, -0.05) is 40.2 Å². The molecule has 1 aromatic heterocycles. The zero-order chi connectivity index (χ0) is 11.1. The maximum absolute atomic E-state index is 5.95. The summed E-state index contributed by atoms with van der Waals surface area (Å²) in [5.74, 6) is 0.584. The van der Waals surface area contributed by atoms with Gasteiger partial charge in [-0.15, -0.1) is 0 Å². The van der Waals surface area contributed by atoms with Gasteiger partial charge in [-0.2, -0.15) is 0 Å². The lowest BCUT2D eigenvalue weighted by Crippen LogP contribution is -1.91. The van der Waals surface area contributed by atoms with E-state index in [-0.39, 0.29) is 0 Å². The minimum absolute atomic E-state index is 0.584. The molecule has 16 heavy (non-hydrogen) atoms. The second-order valence-electron chi connectivity index (χ2n) is 3.70. The Kier molecular flexibility index (Phi) is 2.07. The molecule has 0 aliphatic carbocycles. The van der Waals surface area contributed by atoms with Crippen LogP contribution >= 0.6 is 15.9 Å². The fourth-order valence-electron chi connectivity index (χ4n) is 2.03. The summed E-state index contributed by atoms with van der Waals surface area (Å²) in [5.41, 5.74) is 5.95. The summed E-state index contributed by atoms with van der Waals surface area (Å²) in [4.78, 5) is 4.15. The topological polar surface area (TPSA) is 38.9 Å². The van der Waals surface area contributed by atoms with E-state index >= 15 is 0 Å². The average Bonchev–Trinajstić information content (AvgIpc) is 2.29. The average molecular weight is 273 g/mol. The first-order valence-electron chi connectivity index (χ1n) is 4.99. The van der Waals surface area contributed by atoms with Gasteiger partial charge in [-0.25, -0.2) is 4.98 Å². The van der Waals surface area contributed by atoms with Crippen LogP contribution in [0, 0.1) is 0 Å². The van der Waals surface area contributed by atoms with Crippen molar-refractivity contribution in [2.24, 2.45) is 0 Å². The lowest BCUT2D eigenvalue weighted by molar-refractivity contribution is 1.37. The Labute approximate surface area is 101 Å². The number of anilines is 1. The van der Waals surface area contributed by atoms with Crippen molar-refractivity contribution in [1.29, 1.82) is 0 Å². The standard InChI is InChI=1S/C13H9BrN2/c14-11-7-8-5-6-16-13(15)12(8)10-4-2-1-3-9(10)11/h1-7H,(H2,15,16). The van der Waals surface area contributed by atoms with Gasteiger partial charge in [-0.05, 0) is 28.3 Å². The van der Waals surface area contributed by atoms with E-state index in [2.05, 4.69) is 39.1 Å². The third kappa shape index (κ3) is 1.28. The van der Waals surface area contributed by atoms with Gasteiger partial charge < -0.3 is 5.73 Å². The number of rotatable bonds is 0. The fraction of sp³-hybridized carbons (Fsp3) is 0. The van der Waals surface area contributed by atoms with Gasteiger partial charge in [0.1, 0.15) is 5.82 Å². The van der Waals surface area contributed by atoms with Crippen LogP contribution in [-0.2, 0) is 0 Å². The number of hydrogen-bond donors (Lipinski definition) is 1. The van der Waals surface area contributed by atoms with Gasteiger partial charge in [0.25, 0.3) is 0 Å². The van der Waals surface area contributed by atoms with E-state index in [9.17, 15) is 0 Å². The molecular formula is C13H9BrN2. The molecule has 1 heterocycles. The van der Waals surface area contributed by atoms with Crippen molar-refractivity contribution < 1.29 is 0 Å². The molecule has 0 aliphatic rings. The molecule has 0 atom stereocenters. The van der Waals surface area contributed by atoms with Crippen molar-refractivity contribution in [1.82, 2.24) is 4.98 Å². The summed E-state index contributed by atoms with van der Waals surface area (Å²) in [7, 11) is 0. The monoisotopic (exact) mass is 272 g/mol. The maximum Gasteiger partial charge on any atom is 0.131 e. The smallest absolute Gasteiger partial charge is 0.131 e. The Morgan fingerprint density at radius 1 is 1.06 bits per heavy atom. The summed E-state index contributed by atoms with van der Waals surface area (Å²) in [6.45, 7) is 0. The van der Waals surface area contributed by atoms with E-state index in [1.54, 1.807) is 6.20 Å². The molecule has 0 saturated carbocycles. The van der Waals surface area contributed by atoms with Crippen molar-refractivity contribution in [3.8, 4) is 0 Å². The minimum atomic E-state index is 0.584. The van der Waals surface area contributed by atoms with Gasteiger partial charge in [0, 0.05) is 16.1 Å². The van der Waals surface area contributed by atoms with Crippen LogP contribution in [0.2, 0.25) is 0 Å². The summed E-state index contributed by atoms with van der Waals surface area (Å²) >= 11 is 3.58. The first-order chi connectivity index (χ1) is 7.77. The van der Waals surface area contributed by atoms with Crippen LogP contribution in [0.4, 0.5) is 5.82 Å². The minimum Gasteiger partial charge on any atom is -0.383 e. The number of aromatic nitrogens is 1. The second kappa shape index (κ2) is 3.46. The second-order valence-corrected chi connectivity index (χ2v) is 4.55. The quantitative estimate of drug-likeness (QED) is 0.634. The van der Waals surface area contributed by atoms with Crippen molar-refractivity contribution in [2.45, 2.75) is 0 Å². The molecule has 3 rings (SSSR count). The number of nitrogen functional groups attached to an aromatic ring is 1. The number of pyridine rings is 1. The maximum atomic E-state index is 5.95. The molecule has 0 aliphatic heterocycles. The molecule has 0 amide bonds. The molecular weight excluding hydrogens is 264 g/mol. The van der Waals surface area contributed by atoms with Crippen LogP contribution in [-0.4, -0.2) is 4.98 Å². The van der Waals surface area contributed by atoms with Crippen molar-refractivity contribution in [3.63, 3.8) is 0 Å². The molecule has 0 radical (unpaired) electrons. The molecule has 0 bridgehead atoms. The highest BCUT2D eigenvalue weighted by molar-refractivity contribution is 9.10. The first-order valence-corrected chi connectivity index (χ1v) is 5.78. The van der Waals surface area contributed by atoms with Crippen LogP contribution in [0.5, 0.6) is 0 Å². The van der Waals surface area contributed by atoms with Crippen molar-refractivity contribution >= 4 is 43.3 Å².